The molecule has 0 aliphatic carbocycles. The Labute approximate surface area is 192 Å². The first-order valence-electron chi connectivity index (χ1n) is 10.1. The Morgan fingerprint density at radius 3 is 2.75 bits per heavy atom. The minimum Gasteiger partial charge on any atom is -0.453 e. The average molecular weight is 462 g/mol. The van der Waals surface area contributed by atoms with Crippen molar-refractivity contribution in [2.24, 2.45) is 0 Å². The number of aromatic nitrogens is 4. The van der Waals surface area contributed by atoms with Crippen LogP contribution in [0.15, 0.2) is 75.6 Å². The van der Waals surface area contributed by atoms with Crippen LogP contribution in [0.3, 0.4) is 0 Å². The molecule has 2 aromatic carbocycles. The third kappa shape index (κ3) is 4.17. The SMILES string of the molecule is CCn1c(SCC(=O)Nc2nc(-c3ccccc3)cs2)nnc1-c1cc2ccccc2o1. The lowest BCUT2D eigenvalue weighted by Gasteiger charge is -2.05. The number of carbonyl (C=O) groups excluding carboxylic acids is 1. The van der Waals surface area contributed by atoms with E-state index >= 15 is 0 Å². The highest BCUT2D eigenvalue weighted by molar-refractivity contribution is 7.99. The third-order valence-corrected chi connectivity index (χ3v) is 6.56. The quantitative estimate of drug-likeness (QED) is 0.319. The summed E-state index contributed by atoms with van der Waals surface area (Å²) in [5.41, 5.74) is 2.67. The molecule has 0 atom stereocenters. The maximum atomic E-state index is 12.5. The van der Waals surface area contributed by atoms with Crippen LogP contribution in [0.25, 0.3) is 33.8 Å². The number of furan rings is 1. The summed E-state index contributed by atoms with van der Waals surface area (Å²) in [6.07, 6.45) is 0. The number of hydrogen-bond acceptors (Lipinski definition) is 7. The second kappa shape index (κ2) is 8.97. The van der Waals surface area contributed by atoms with Crippen molar-refractivity contribution in [3.05, 3.63) is 66.0 Å². The Kier molecular flexibility index (Phi) is 5.74. The minimum absolute atomic E-state index is 0.139. The van der Waals surface area contributed by atoms with E-state index in [0.29, 0.717) is 28.4 Å². The van der Waals surface area contributed by atoms with Gasteiger partial charge in [-0.25, -0.2) is 4.98 Å². The van der Waals surface area contributed by atoms with Crippen LogP contribution in [0.4, 0.5) is 5.13 Å². The molecular weight excluding hydrogens is 442 g/mol. The van der Waals surface area contributed by atoms with Crippen molar-refractivity contribution in [2.45, 2.75) is 18.6 Å². The molecule has 0 bridgehead atoms. The van der Waals surface area contributed by atoms with Crippen LogP contribution in [-0.4, -0.2) is 31.4 Å². The topological polar surface area (TPSA) is 85.8 Å². The van der Waals surface area contributed by atoms with Gasteiger partial charge in [0.15, 0.2) is 16.0 Å². The van der Waals surface area contributed by atoms with Crippen molar-refractivity contribution in [1.29, 1.82) is 0 Å². The largest absolute Gasteiger partial charge is 0.453 e. The molecule has 5 aromatic rings. The highest BCUT2D eigenvalue weighted by Gasteiger charge is 2.18. The smallest absolute Gasteiger partial charge is 0.236 e. The monoisotopic (exact) mass is 461 g/mol. The zero-order valence-corrected chi connectivity index (χ0v) is 18.8. The number of amides is 1. The molecule has 160 valence electrons. The maximum absolute atomic E-state index is 12.5. The number of para-hydroxylation sites is 1. The first-order valence-corrected chi connectivity index (χ1v) is 11.9. The molecule has 3 heterocycles. The zero-order chi connectivity index (χ0) is 21.9. The van der Waals surface area contributed by atoms with E-state index < -0.39 is 0 Å². The van der Waals surface area contributed by atoms with Crippen LogP contribution in [0.5, 0.6) is 0 Å². The first kappa shape index (κ1) is 20.5. The number of thioether (sulfide) groups is 1. The van der Waals surface area contributed by atoms with E-state index in [1.54, 1.807) is 0 Å². The molecule has 0 spiro atoms. The van der Waals surface area contributed by atoms with Crippen LogP contribution >= 0.6 is 23.1 Å². The van der Waals surface area contributed by atoms with Crippen LogP contribution in [0.2, 0.25) is 0 Å². The number of carbonyl (C=O) groups is 1. The van der Waals surface area contributed by atoms with E-state index in [9.17, 15) is 4.79 Å². The Morgan fingerprint density at radius 2 is 1.94 bits per heavy atom. The minimum atomic E-state index is -0.139. The summed E-state index contributed by atoms with van der Waals surface area (Å²) in [4.78, 5) is 17.0. The fraction of sp³-hybridized carbons (Fsp3) is 0.130. The molecule has 7 nitrogen and oxygen atoms in total. The second-order valence-corrected chi connectivity index (χ2v) is 8.74. The van der Waals surface area contributed by atoms with E-state index in [1.165, 1.54) is 23.1 Å². The van der Waals surface area contributed by atoms with Gasteiger partial charge in [0.05, 0.1) is 11.4 Å². The van der Waals surface area contributed by atoms with Gasteiger partial charge in [-0.1, -0.05) is 60.3 Å². The lowest BCUT2D eigenvalue weighted by molar-refractivity contribution is -0.113. The van der Waals surface area contributed by atoms with Gasteiger partial charge in [-0.05, 0) is 19.1 Å². The van der Waals surface area contributed by atoms with Gasteiger partial charge in [0.2, 0.25) is 11.7 Å². The fourth-order valence-electron chi connectivity index (χ4n) is 3.31. The maximum Gasteiger partial charge on any atom is 0.236 e. The number of nitrogens with zero attached hydrogens (tertiary/aromatic N) is 4. The first-order chi connectivity index (χ1) is 15.7. The number of thiazole rings is 1. The molecule has 32 heavy (non-hydrogen) atoms. The van der Waals surface area contributed by atoms with E-state index in [4.69, 9.17) is 4.42 Å². The molecule has 0 radical (unpaired) electrons. The summed E-state index contributed by atoms with van der Waals surface area (Å²) in [5.74, 6) is 1.38. The Bertz CT molecular complexity index is 1340. The van der Waals surface area contributed by atoms with Gasteiger partial charge in [-0.3, -0.25) is 9.36 Å². The molecule has 0 unspecified atom stereocenters. The summed E-state index contributed by atoms with van der Waals surface area (Å²) in [6.45, 7) is 2.68. The standard InChI is InChI=1S/C23H19N5O2S2/c1-2-28-21(19-12-16-10-6-7-11-18(16)30-19)26-27-23(28)32-14-20(29)25-22-24-17(13-31-22)15-8-4-3-5-9-15/h3-13H,2,14H2,1H3,(H,24,25,29). The van der Waals surface area contributed by atoms with Crippen LogP contribution in [0.1, 0.15) is 6.92 Å². The van der Waals surface area contributed by atoms with E-state index in [1.807, 2.05) is 77.5 Å². The Hall–Kier alpha value is -3.43. The molecule has 0 aliphatic heterocycles. The zero-order valence-electron chi connectivity index (χ0n) is 17.2. The summed E-state index contributed by atoms with van der Waals surface area (Å²) >= 11 is 2.74. The highest BCUT2D eigenvalue weighted by Crippen LogP contribution is 2.29. The van der Waals surface area contributed by atoms with Gasteiger partial charge < -0.3 is 9.73 Å². The van der Waals surface area contributed by atoms with Crippen molar-refractivity contribution in [1.82, 2.24) is 19.7 Å². The van der Waals surface area contributed by atoms with Crippen LogP contribution in [-0.2, 0) is 11.3 Å². The normalized spacial score (nSPS) is 11.2. The van der Waals surface area contributed by atoms with Gasteiger partial charge in [0, 0.05) is 22.9 Å². The molecule has 1 N–H and O–H groups in total. The molecule has 1 amide bonds. The number of rotatable bonds is 7. The van der Waals surface area contributed by atoms with Gasteiger partial charge in [-0.15, -0.1) is 21.5 Å². The lowest BCUT2D eigenvalue weighted by Crippen LogP contribution is -2.14. The van der Waals surface area contributed by atoms with Gasteiger partial charge in [0.1, 0.15) is 5.58 Å². The van der Waals surface area contributed by atoms with Crippen molar-refractivity contribution in [3.8, 4) is 22.8 Å². The summed E-state index contributed by atoms with van der Waals surface area (Å²) in [6, 6.07) is 19.7. The van der Waals surface area contributed by atoms with Crippen molar-refractivity contribution in [3.63, 3.8) is 0 Å². The Balaban J connectivity index is 1.26. The van der Waals surface area contributed by atoms with Crippen LogP contribution in [0, 0.1) is 0 Å². The van der Waals surface area contributed by atoms with Gasteiger partial charge >= 0.3 is 0 Å². The number of hydrogen-bond donors (Lipinski definition) is 1. The molecule has 9 heteroatoms. The number of fused-ring (bicyclic) bond motifs is 1. The molecule has 0 saturated heterocycles. The molecule has 0 saturated carbocycles. The molecule has 5 rings (SSSR count). The number of nitrogens with one attached hydrogen (secondary N) is 1. The second-order valence-electron chi connectivity index (χ2n) is 6.94. The van der Waals surface area contributed by atoms with Crippen LogP contribution < -0.4 is 5.32 Å². The van der Waals surface area contributed by atoms with Crippen molar-refractivity contribution in [2.75, 3.05) is 11.1 Å². The van der Waals surface area contributed by atoms with Crippen molar-refractivity contribution >= 4 is 45.1 Å². The summed E-state index contributed by atoms with van der Waals surface area (Å²) in [7, 11) is 0. The van der Waals surface area contributed by atoms with Gasteiger partial charge in [-0.2, -0.15) is 0 Å². The van der Waals surface area contributed by atoms with E-state index in [2.05, 4.69) is 20.5 Å². The number of benzene rings is 2. The molecule has 0 fully saturated rings. The van der Waals surface area contributed by atoms with Crippen molar-refractivity contribution < 1.29 is 9.21 Å². The predicted molar refractivity (Wildman–Crippen MR) is 128 cm³/mol. The highest BCUT2D eigenvalue weighted by atomic mass is 32.2. The lowest BCUT2D eigenvalue weighted by atomic mass is 10.2. The molecular formula is C23H19N5O2S2. The number of anilines is 1. The van der Waals surface area contributed by atoms with E-state index in [-0.39, 0.29) is 11.7 Å². The molecule has 0 aliphatic rings. The van der Waals surface area contributed by atoms with Gasteiger partial charge in [0.25, 0.3) is 0 Å². The third-order valence-electron chi connectivity index (χ3n) is 4.83. The molecule has 3 aromatic heterocycles. The summed E-state index contributed by atoms with van der Waals surface area (Å²) in [5, 5.41) is 15.7. The fourth-order valence-corrected chi connectivity index (χ4v) is 4.85. The predicted octanol–water partition coefficient (Wildman–Crippen LogP) is 5.57. The summed E-state index contributed by atoms with van der Waals surface area (Å²) < 4.78 is 7.89. The average Bonchev–Trinajstić information content (AvgIpc) is 3.55. The van der Waals surface area contributed by atoms with E-state index in [0.717, 1.165) is 22.2 Å². The Morgan fingerprint density at radius 1 is 1.12 bits per heavy atom.